The molecule has 3 rings (SSSR count). The maximum Gasteiger partial charge on any atom is 0.251 e. The molecule has 1 aromatic rings. The van der Waals surface area contributed by atoms with Gasteiger partial charge in [0, 0.05) is 31.5 Å². The number of ether oxygens (including phenoxy) is 1. The number of carbonyl (C=O) groups is 3. The molecule has 1 aliphatic carbocycles. The molecule has 1 aliphatic heterocycles. The lowest BCUT2D eigenvalue weighted by Crippen LogP contribution is -2.44. The molecule has 3 amide bonds. The van der Waals surface area contributed by atoms with Gasteiger partial charge < -0.3 is 10.1 Å². The normalized spacial score (nSPS) is 18.5. The number of rotatable bonds is 6. The number of benzene rings is 1. The Morgan fingerprint density at radius 1 is 1.04 bits per heavy atom. The van der Waals surface area contributed by atoms with Crippen molar-refractivity contribution >= 4 is 17.7 Å². The highest BCUT2D eigenvalue weighted by molar-refractivity contribution is 5.97. The number of hydrogen-bond donors (Lipinski definition) is 1. The number of nitrogens with one attached hydrogen (secondary N) is 1. The van der Waals surface area contributed by atoms with Gasteiger partial charge in [0.05, 0.1) is 6.10 Å². The lowest BCUT2D eigenvalue weighted by Gasteiger charge is -2.24. The highest BCUT2D eigenvalue weighted by Gasteiger charge is 2.25. The van der Waals surface area contributed by atoms with Crippen LogP contribution in [0, 0.1) is 0 Å². The van der Waals surface area contributed by atoms with E-state index in [1.54, 1.807) is 12.1 Å². The average Bonchev–Trinajstić information content (AvgIpc) is 3.11. The van der Waals surface area contributed by atoms with Crippen LogP contribution in [0.15, 0.2) is 24.3 Å². The van der Waals surface area contributed by atoms with Crippen molar-refractivity contribution in [2.24, 2.45) is 0 Å². The summed E-state index contributed by atoms with van der Waals surface area (Å²) in [6, 6.07) is 7.09. The molecule has 6 nitrogen and oxygen atoms in total. The third-order valence-corrected chi connectivity index (χ3v) is 4.73. The van der Waals surface area contributed by atoms with Crippen LogP contribution >= 0.6 is 0 Å². The number of nitrogens with zero attached hydrogens (tertiary/aromatic N) is 1. The molecule has 2 fully saturated rings. The smallest absolute Gasteiger partial charge is 0.251 e. The minimum Gasteiger partial charge on any atom is -0.490 e. The molecule has 1 saturated carbocycles. The van der Waals surface area contributed by atoms with Crippen LogP contribution in [0.4, 0.5) is 0 Å². The van der Waals surface area contributed by atoms with Gasteiger partial charge in [0.2, 0.25) is 11.8 Å². The van der Waals surface area contributed by atoms with Gasteiger partial charge >= 0.3 is 0 Å². The minimum atomic E-state index is -0.218. The number of likely N-dealkylation sites (tertiary alicyclic amines) is 1. The van der Waals surface area contributed by atoms with Crippen molar-refractivity contribution in [3.63, 3.8) is 0 Å². The number of amides is 3. The predicted molar refractivity (Wildman–Crippen MR) is 92.2 cm³/mol. The lowest BCUT2D eigenvalue weighted by atomic mass is 10.1. The summed E-state index contributed by atoms with van der Waals surface area (Å²) in [5, 5.41) is 2.75. The maximum atomic E-state index is 12.2. The van der Waals surface area contributed by atoms with Crippen LogP contribution in [-0.2, 0) is 9.59 Å². The highest BCUT2D eigenvalue weighted by Crippen LogP contribution is 2.24. The summed E-state index contributed by atoms with van der Waals surface area (Å²) in [5.74, 6) is 0.259. The molecule has 1 aromatic carbocycles. The van der Waals surface area contributed by atoms with E-state index in [0.29, 0.717) is 30.9 Å². The van der Waals surface area contributed by atoms with Gasteiger partial charge in [-0.05, 0) is 56.4 Å². The zero-order valence-corrected chi connectivity index (χ0v) is 14.3. The first kappa shape index (κ1) is 17.5. The molecule has 0 aromatic heterocycles. The van der Waals surface area contributed by atoms with E-state index in [2.05, 4.69) is 5.32 Å². The molecule has 25 heavy (non-hydrogen) atoms. The molecule has 0 unspecified atom stereocenters. The Morgan fingerprint density at radius 2 is 1.68 bits per heavy atom. The molecule has 134 valence electrons. The van der Waals surface area contributed by atoms with Crippen molar-refractivity contribution in [1.29, 1.82) is 0 Å². The molecule has 0 spiro atoms. The van der Waals surface area contributed by atoms with E-state index in [0.717, 1.165) is 18.6 Å². The van der Waals surface area contributed by atoms with Gasteiger partial charge in [0.25, 0.3) is 5.91 Å². The van der Waals surface area contributed by atoms with Crippen molar-refractivity contribution < 1.29 is 19.1 Å². The quantitative estimate of drug-likeness (QED) is 0.803. The fourth-order valence-electron chi connectivity index (χ4n) is 3.32. The second kappa shape index (κ2) is 8.14. The fourth-order valence-corrected chi connectivity index (χ4v) is 3.32. The summed E-state index contributed by atoms with van der Waals surface area (Å²) >= 11 is 0. The van der Waals surface area contributed by atoms with E-state index in [-0.39, 0.29) is 30.8 Å². The summed E-state index contributed by atoms with van der Waals surface area (Å²) in [6.07, 6.45) is 6.34. The molecule has 1 heterocycles. The molecule has 2 aliphatic rings. The molecule has 1 N–H and O–H groups in total. The standard InChI is InChI=1S/C19H24N2O4/c22-17-6-3-7-18(23)21(17)13-12-20-19(24)14-8-10-16(11-9-14)25-15-4-1-2-5-15/h8-11,15H,1-7,12-13H2,(H,20,24). The summed E-state index contributed by atoms with van der Waals surface area (Å²) in [6.45, 7) is 0.489. The number of carbonyl (C=O) groups excluding carboxylic acids is 3. The predicted octanol–water partition coefficient (Wildman–Crippen LogP) is 2.28. The second-order valence-corrected chi connectivity index (χ2v) is 6.60. The summed E-state index contributed by atoms with van der Waals surface area (Å²) in [4.78, 5) is 36.8. The third-order valence-electron chi connectivity index (χ3n) is 4.73. The Morgan fingerprint density at radius 3 is 2.32 bits per heavy atom. The fraction of sp³-hybridized carbons (Fsp3) is 0.526. The Kier molecular flexibility index (Phi) is 5.68. The monoisotopic (exact) mass is 344 g/mol. The molecular formula is C19H24N2O4. The summed E-state index contributed by atoms with van der Waals surface area (Å²) in [5.41, 5.74) is 0.537. The van der Waals surface area contributed by atoms with Gasteiger partial charge in [0.15, 0.2) is 0 Å². The van der Waals surface area contributed by atoms with Gasteiger partial charge in [-0.3, -0.25) is 19.3 Å². The molecular weight excluding hydrogens is 320 g/mol. The summed E-state index contributed by atoms with van der Waals surface area (Å²) < 4.78 is 5.88. The lowest BCUT2D eigenvalue weighted by molar-refractivity contribution is -0.147. The first-order valence-electron chi connectivity index (χ1n) is 9.01. The van der Waals surface area contributed by atoms with Crippen LogP contribution in [0.2, 0.25) is 0 Å². The topological polar surface area (TPSA) is 75.7 Å². The van der Waals surface area contributed by atoms with E-state index in [9.17, 15) is 14.4 Å². The number of hydrogen-bond acceptors (Lipinski definition) is 4. The van der Waals surface area contributed by atoms with E-state index in [1.807, 2.05) is 12.1 Å². The van der Waals surface area contributed by atoms with Crippen molar-refractivity contribution in [2.75, 3.05) is 13.1 Å². The van der Waals surface area contributed by atoms with Crippen LogP contribution in [0.5, 0.6) is 5.75 Å². The second-order valence-electron chi connectivity index (χ2n) is 6.60. The summed E-state index contributed by atoms with van der Waals surface area (Å²) in [7, 11) is 0. The molecule has 6 heteroatoms. The minimum absolute atomic E-state index is 0.154. The van der Waals surface area contributed by atoms with E-state index in [1.165, 1.54) is 17.7 Å². The Balaban J connectivity index is 1.46. The number of imide groups is 1. The first-order valence-corrected chi connectivity index (χ1v) is 9.01. The van der Waals surface area contributed by atoms with Gasteiger partial charge in [-0.1, -0.05) is 0 Å². The van der Waals surface area contributed by atoms with Gasteiger partial charge in [-0.2, -0.15) is 0 Å². The zero-order valence-electron chi connectivity index (χ0n) is 14.3. The van der Waals surface area contributed by atoms with Crippen molar-refractivity contribution in [2.45, 2.75) is 51.0 Å². The van der Waals surface area contributed by atoms with Crippen LogP contribution in [0.25, 0.3) is 0 Å². The molecule has 0 radical (unpaired) electrons. The van der Waals surface area contributed by atoms with Gasteiger partial charge in [-0.25, -0.2) is 0 Å². The third kappa shape index (κ3) is 4.59. The van der Waals surface area contributed by atoms with E-state index in [4.69, 9.17) is 4.74 Å². The number of piperidine rings is 1. The SMILES string of the molecule is O=C(NCCN1C(=O)CCCC1=O)c1ccc(OC2CCCC2)cc1. The maximum absolute atomic E-state index is 12.2. The molecule has 0 bridgehead atoms. The average molecular weight is 344 g/mol. The Hall–Kier alpha value is -2.37. The molecule has 0 atom stereocenters. The van der Waals surface area contributed by atoms with E-state index < -0.39 is 0 Å². The first-order chi connectivity index (χ1) is 12.1. The van der Waals surface area contributed by atoms with Crippen molar-refractivity contribution in [3.05, 3.63) is 29.8 Å². The van der Waals surface area contributed by atoms with Crippen molar-refractivity contribution in [1.82, 2.24) is 10.2 Å². The van der Waals surface area contributed by atoms with Gasteiger partial charge in [0.1, 0.15) is 5.75 Å². The Bertz CT molecular complexity index is 619. The highest BCUT2D eigenvalue weighted by atomic mass is 16.5. The molecule has 1 saturated heterocycles. The van der Waals surface area contributed by atoms with Crippen LogP contribution in [0.1, 0.15) is 55.3 Å². The van der Waals surface area contributed by atoms with Crippen molar-refractivity contribution in [3.8, 4) is 5.75 Å². The zero-order chi connectivity index (χ0) is 17.6. The van der Waals surface area contributed by atoms with Crippen LogP contribution in [0.3, 0.4) is 0 Å². The Labute approximate surface area is 147 Å². The van der Waals surface area contributed by atoms with Gasteiger partial charge in [-0.15, -0.1) is 0 Å². The van der Waals surface area contributed by atoms with E-state index >= 15 is 0 Å². The largest absolute Gasteiger partial charge is 0.490 e. The van der Waals surface area contributed by atoms with Crippen LogP contribution in [-0.4, -0.2) is 41.8 Å². The van der Waals surface area contributed by atoms with Crippen LogP contribution < -0.4 is 10.1 Å².